The average Bonchev–Trinajstić information content (AvgIpc) is 2.74. The second kappa shape index (κ2) is 5.23. The maximum Gasteiger partial charge on any atom is 0.0795 e. The SMILES string of the molecule is Cc1ccccc1CN(C)Cc1cscn1. The first kappa shape index (κ1) is 11.3. The van der Waals surface area contributed by atoms with E-state index in [0.29, 0.717) is 0 Å². The van der Waals surface area contributed by atoms with E-state index in [-0.39, 0.29) is 0 Å². The molecule has 0 atom stereocenters. The van der Waals surface area contributed by atoms with E-state index < -0.39 is 0 Å². The van der Waals surface area contributed by atoms with Crippen molar-refractivity contribution < 1.29 is 0 Å². The Morgan fingerprint density at radius 1 is 1.25 bits per heavy atom. The van der Waals surface area contributed by atoms with Gasteiger partial charge in [-0.15, -0.1) is 11.3 Å². The fourth-order valence-electron chi connectivity index (χ4n) is 1.73. The van der Waals surface area contributed by atoms with E-state index in [1.54, 1.807) is 11.3 Å². The lowest BCUT2D eigenvalue weighted by molar-refractivity contribution is 0.315. The largest absolute Gasteiger partial charge is 0.296 e. The minimum Gasteiger partial charge on any atom is -0.296 e. The summed E-state index contributed by atoms with van der Waals surface area (Å²) in [5.74, 6) is 0. The van der Waals surface area contributed by atoms with Crippen LogP contribution in [0, 0.1) is 6.92 Å². The second-order valence-corrected chi connectivity index (χ2v) is 4.80. The number of nitrogens with zero attached hydrogens (tertiary/aromatic N) is 2. The molecular formula is C13H16N2S. The Balaban J connectivity index is 1.97. The molecule has 0 N–H and O–H groups in total. The van der Waals surface area contributed by atoms with E-state index in [4.69, 9.17) is 0 Å². The van der Waals surface area contributed by atoms with Crippen molar-refractivity contribution in [2.75, 3.05) is 7.05 Å². The molecule has 1 aromatic heterocycles. The number of benzene rings is 1. The number of hydrogen-bond donors (Lipinski definition) is 0. The normalized spacial score (nSPS) is 10.9. The fraction of sp³-hybridized carbons (Fsp3) is 0.308. The van der Waals surface area contributed by atoms with Gasteiger partial charge in [-0.25, -0.2) is 4.98 Å². The molecule has 0 aliphatic heterocycles. The van der Waals surface area contributed by atoms with E-state index in [9.17, 15) is 0 Å². The van der Waals surface area contributed by atoms with Crippen LogP contribution in [0.3, 0.4) is 0 Å². The number of thiazole rings is 1. The zero-order valence-corrected chi connectivity index (χ0v) is 10.5. The lowest BCUT2D eigenvalue weighted by Gasteiger charge is -2.16. The molecule has 16 heavy (non-hydrogen) atoms. The molecule has 2 rings (SSSR count). The van der Waals surface area contributed by atoms with Crippen LogP contribution in [0.1, 0.15) is 16.8 Å². The minimum atomic E-state index is 0.915. The summed E-state index contributed by atoms with van der Waals surface area (Å²) in [6.45, 7) is 4.05. The van der Waals surface area contributed by atoms with Gasteiger partial charge in [-0.2, -0.15) is 0 Å². The first-order valence-corrected chi connectivity index (χ1v) is 6.30. The first-order valence-electron chi connectivity index (χ1n) is 5.36. The highest BCUT2D eigenvalue weighted by Gasteiger charge is 2.04. The molecule has 0 saturated carbocycles. The zero-order valence-electron chi connectivity index (χ0n) is 9.68. The molecule has 0 spiro atoms. The molecule has 1 heterocycles. The third-order valence-electron chi connectivity index (χ3n) is 2.62. The van der Waals surface area contributed by atoms with Crippen molar-refractivity contribution in [3.63, 3.8) is 0 Å². The molecule has 0 amide bonds. The van der Waals surface area contributed by atoms with Crippen LogP contribution in [0.2, 0.25) is 0 Å². The van der Waals surface area contributed by atoms with E-state index >= 15 is 0 Å². The molecule has 2 nitrogen and oxygen atoms in total. The Labute approximate surface area is 101 Å². The van der Waals surface area contributed by atoms with Crippen molar-refractivity contribution in [1.29, 1.82) is 0 Å². The predicted octanol–water partition coefficient (Wildman–Crippen LogP) is 3.08. The lowest BCUT2D eigenvalue weighted by Crippen LogP contribution is -2.17. The van der Waals surface area contributed by atoms with Gasteiger partial charge in [-0.05, 0) is 25.1 Å². The predicted molar refractivity (Wildman–Crippen MR) is 68.5 cm³/mol. The van der Waals surface area contributed by atoms with E-state index in [2.05, 4.69) is 53.5 Å². The highest BCUT2D eigenvalue weighted by molar-refractivity contribution is 7.07. The maximum atomic E-state index is 4.30. The molecule has 0 bridgehead atoms. The van der Waals surface area contributed by atoms with Crippen molar-refractivity contribution in [2.24, 2.45) is 0 Å². The van der Waals surface area contributed by atoms with Crippen LogP contribution in [-0.4, -0.2) is 16.9 Å². The molecule has 84 valence electrons. The van der Waals surface area contributed by atoms with Crippen molar-refractivity contribution >= 4 is 11.3 Å². The molecule has 0 unspecified atom stereocenters. The topological polar surface area (TPSA) is 16.1 Å². The van der Waals surface area contributed by atoms with Gasteiger partial charge in [0.25, 0.3) is 0 Å². The second-order valence-electron chi connectivity index (χ2n) is 4.08. The Hall–Kier alpha value is -1.19. The molecule has 0 saturated heterocycles. The zero-order chi connectivity index (χ0) is 11.4. The molecule has 0 aliphatic carbocycles. The van der Waals surface area contributed by atoms with Gasteiger partial charge in [-0.1, -0.05) is 24.3 Å². The average molecular weight is 232 g/mol. The van der Waals surface area contributed by atoms with Crippen LogP contribution in [0.25, 0.3) is 0 Å². The minimum absolute atomic E-state index is 0.915. The van der Waals surface area contributed by atoms with Crippen LogP contribution in [0.5, 0.6) is 0 Å². The van der Waals surface area contributed by atoms with Crippen LogP contribution >= 0.6 is 11.3 Å². The van der Waals surface area contributed by atoms with Crippen LogP contribution in [-0.2, 0) is 13.1 Å². The molecule has 1 aromatic carbocycles. The van der Waals surface area contributed by atoms with Gasteiger partial charge in [0.15, 0.2) is 0 Å². The van der Waals surface area contributed by atoms with Crippen LogP contribution in [0.4, 0.5) is 0 Å². The van der Waals surface area contributed by atoms with E-state index in [1.807, 2.05) is 5.51 Å². The Bertz CT molecular complexity index is 437. The van der Waals surface area contributed by atoms with Crippen molar-refractivity contribution in [3.8, 4) is 0 Å². The summed E-state index contributed by atoms with van der Waals surface area (Å²) in [5, 5.41) is 2.11. The number of aromatic nitrogens is 1. The fourth-order valence-corrected chi connectivity index (χ4v) is 2.28. The standard InChI is InChI=1S/C13H16N2S/c1-11-5-3-4-6-12(11)7-15(2)8-13-9-16-10-14-13/h3-6,9-10H,7-8H2,1-2H3. The highest BCUT2D eigenvalue weighted by atomic mass is 32.1. The van der Waals surface area contributed by atoms with Crippen molar-refractivity contribution in [1.82, 2.24) is 9.88 Å². The summed E-state index contributed by atoms with van der Waals surface area (Å²) in [6, 6.07) is 8.52. The van der Waals surface area contributed by atoms with Gasteiger partial charge < -0.3 is 0 Å². The van der Waals surface area contributed by atoms with Gasteiger partial charge in [0.1, 0.15) is 0 Å². The van der Waals surface area contributed by atoms with Crippen molar-refractivity contribution in [2.45, 2.75) is 20.0 Å². The number of rotatable bonds is 4. The summed E-state index contributed by atoms with van der Waals surface area (Å²) in [7, 11) is 2.13. The third kappa shape index (κ3) is 2.90. The summed E-state index contributed by atoms with van der Waals surface area (Å²) >= 11 is 1.65. The molecule has 0 aliphatic rings. The summed E-state index contributed by atoms with van der Waals surface area (Å²) in [5.41, 5.74) is 5.78. The quantitative estimate of drug-likeness (QED) is 0.805. The molecular weight excluding hydrogens is 216 g/mol. The van der Waals surface area contributed by atoms with Crippen LogP contribution in [0.15, 0.2) is 35.2 Å². The number of hydrogen-bond acceptors (Lipinski definition) is 3. The summed E-state index contributed by atoms with van der Waals surface area (Å²) in [6.07, 6.45) is 0. The Morgan fingerprint density at radius 3 is 2.75 bits per heavy atom. The van der Waals surface area contributed by atoms with Gasteiger partial charge in [-0.3, -0.25) is 4.90 Å². The van der Waals surface area contributed by atoms with Gasteiger partial charge in [0, 0.05) is 18.5 Å². The lowest BCUT2D eigenvalue weighted by atomic mass is 10.1. The Morgan fingerprint density at radius 2 is 2.06 bits per heavy atom. The highest BCUT2D eigenvalue weighted by Crippen LogP contribution is 2.11. The molecule has 0 fully saturated rings. The number of aryl methyl sites for hydroxylation is 1. The van der Waals surface area contributed by atoms with Crippen molar-refractivity contribution in [3.05, 3.63) is 52.0 Å². The van der Waals surface area contributed by atoms with Gasteiger partial charge in [0.05, 0.1) is 11.2 Å². The van der Waals surface area contributed by atoms with E-state index in [1.165, 1.54) is 11.1 Å². The molecule has 3 heteroatoms. The van der Waals surface area contributed by atoms with E-state index in [0.717, 1.165) is 18.8 Å². The van der Waals surface area contributed by atoms with Crippen LogP contribution < -0.4 is 0 Å². The molecule has 0 radical (unpaired) electrons. The first-order chi connectivity index (χ1) is 7.75. The summed E-state index contributed by atoms with van der Waals surface area (Å²) in [4.78, 5) is 6.59. The maximum absolute atomic E-state index is 4.30. The monoisotopic (exact) mass is 232 g/mol. The third-order valence-corrected chi connectivity index (χ3v) is 3.25. The summed E-state index contributed by atoms with van der Waals surface area (Å²) < 4.78 is 0. The Kier molecular flexibility index (Phi) is 3.70. The van der Waals surface area contributed by atoms with Gasteiger partial charge >= 0.3 is 0 Å². The molecule has 2 aromatic rings. The smallest absolute Gasteiger partial charge is 0.0795 e. The van der Waals surface area contributed by atoms with Gasteiger partial charge in [0.2, 0.25) is 0 Å².